The fraction of sp³-hybridized carbons (Fsp3) is 0.600. The summed E-state index contributed by atoms with van der Waals surface area (Å²) in [7, 11) is 3.01. The lowest BCUT2D eigenvalue weighted by molar-refractivity contribution is -0.0705. The average Bonchev–Trinajstić information content (AvgIpc) is 2.26. The molecule has 0 saturated heterocycles. The van der Waals surface area contributed by atoms with Gasteiger partial charge in [-0.2, -0.15) is 0 Å². The maximum Gasteiger partial charge on any atom is 0.330 e. The van der Waals surface area contributed by atoms with Crippen molar-refractivity contribution in [3.63, 3.8) is 0 Å². The molecular formula is C10H16N2O4. The van der Waals surface area contributed by atoms with Crippen molar-refractivity contribution in [1.29, 1.82) is 0 Å². The molecule has 6 nitrogen and oxygen atoms in total. The Labute approximate surface area is 92.8 Å². The molecule has 1 aromatic rings. The second kappa shape index (κ2) is 5.09. The third-order valence-corrected chi connectivity index (χ3v) is 2.43. The lowest BCUT2D eigenvalue weighted by Crippen LogP contribution is -2.38. The SMILES string of the molecule is COC(C)[C@@H](OC)n1cc(C)c(=O)[nH]c1=O. The van der Waals surface area contributed by atoms with Crippen LogP contribution in [0.3, 0.4) is 0 Å². The second-order valence-electron chi connectivity index (χ2n) is 3.55. The van der Waals surface area contributed by atoms with Gasteiger partial charge in [-0.25, -0.2) is 4.79 Å². The second-order valence-corrected chi connectivity index (χ2v) is 3.55. The van der Waals surface area contributed by atoms with Crippen LogP contribution in [0, 0.1) is 6.92 Å². The molecule has 0 saturated carbocycles. The van der Waals surface area contributed by atoms with Crippen molar-refractivity contribution in [1.82, 2.24) is 9.55 Å². The van der Waals surface area contributed by atoms with Gasteiger partial charge in [-0.15, -0.1) is 0 Å². The molecule has 0 fully saturated rings. The van der Waals surface area contributed by atoms with E-state index in [1.54, 1.807) is 13.8 Å². The Morgan fingerprint density at radius 1 is 1.31 bits per heavy atom. The molecule has 2 atom stereocenters. The van der Waals surface area contributed by atoms with Crippen LogP contribution in [0.1, 0.15) is 18.7 Å². The summed E-state index contributed by atoms with van der Waals surface area (Å²) in [5, 5.41) is 0. The number of hydrogen-bond acceptors (Lipinski definition) is 4. The van der Waals surface area contributed by atoms with Crippen molar-refractivity contribution in [2.24, 2.45) is 0 Å². The molecule has 0 aromatic carbocycles. The van der Waals surface area contributed by atoms with E-state index in [9.17, 15) is 9.59 Å². The van der Waals surface area contributed by atoms with Gasteiger partial charge in [0, 0.05) is 26.0 Å². The number of hydrogen-bond donors (Lipinski definition) is 1. The third-order valence-electron chi connectivity index (χ3n) is 2.43. The highest BCUT2D eigenvalue weighted by atomic mass is 16.5. The van der Waals surface area contributed by atoms with E-state index in [2.05, 4.69) is 4.98 Å². The molecule has 0 spiro atoms. The first-order chi connectivity index (χ1) is 7.51. The van der Waals surface area contributed by atoms with Gasteiger partial charge in [-0.3, -0.25) is 14.3 Å². The van der Waals surface area contributed by atoms with E-state index < -0.39 is 11.9 Å². The molecule has 0 aliphatic rings. The Hall–Kier alpha value is -1.40. The van der Waals surface area contributed by atoms with Crippen LogP contribution >= 0.6 is 0 Å². The Kier molecular flexibility index (Phi) is 4.03. The molecule has 0 amide bonds. The van der Waals surface area contributed by atoms with Crippen molar-refractivity contribution in [3.8, 4) is 0 Å². The highest BCUT2D eigenvalue weighted by Gasteiger charge is 2.19. The van der Waals surface area contributed by atoms with E-state index in [-0.39, 0.29) is 11.7 Å². The predicted octanol–water partition coefficient (Wildman–Crippen LogP) is 0.0249. The van der Waals surface area contributed by atoms with Crippen LogP contribution in [-0.2, 0) is 9.47 Å². The molecule has 0 aliphatic heterocycles. The summed E-state index contributed by atoms with van der Waals surface area (Å²) in [5.41, 5.74) is -0.447. The fourth-order valence-corrected chi connectivity index (χ4v) is 1.42. The topological polar surface area (TPSA) is 73.3 Å². The van der Waals surface area contributed by atoms with Crippen LogP contribution in [-0.4, -0.2) is 29.9 Å². The number of aromatic amines is 1. The maximum absolute atomic E-state index is 11.6. The molecule has 16 heavy (non-hydrogen) atoms. The Morgan fingerprint density at radius 3 is 2.44 bits per heavy atom. The van der Waals surface area contributed by atoms with Gasteiger partial charge in [0.05, 0.1) is 6.10 Å². The average molecular weight is 228 g/mol. The maximum atomic E-state index is 11.6. The van der Waals surface area contributed by atoms with Crippen LogP contribution in [0.15, 0.2) is 15.8 Å². The van der Waals surface area contributed by atoms with E-state index in [1.807, 2.05) is 0 Å². The molecule has 1 rings (SSSR count). The summed E-state index contributed by atoms with van der Waals surface area (Å²) in [6, 6.07) is 0. The minimum atomic E-state index is -0.562. The molecule has 1 N–H and O–H groups in total. The van der Waals surface area contributed by atoms with Crippen LogP contribution in [0.2, 0.25) is 0 Å². The Bertz CT molecular complexity index is 463. The van der Waals surface area contributed by atoms with Crippen molar-refractivity contribution < 1.29 is 9.47 Å². The first kappa shape index (κ1) is 12.7. The van der Waals surface area contributed by atoms with Crippen molar-refractivity contribution >= 4 is 0 Å². The fourth-order valence-electron chi connectivity index (χ4n) is 1.42. The molecule has 1 aromatic heterocycles. The first-order valence-corrected chi connectivity index (χ1v) is 4.89. The summed E-state index contributed by atoms with van der Waals surface area (Å²) in [6.07, 6.45) is 0.603. The van der Waals surface area contributed by atoms with E-state index in [1.165, 1.54) is 25.0 Å². The highest BCUT2D eigenvalue weighted by Crippen LogP contribution is 2.12. The molecule has 1 heterocycles. The highest BCUT2D eigenvalue weighted by molar-refractivity contribution is 5.01. The summed E-state index contributed by atoms with van der Waals surface area (Å²) in [5.74, 6) is 0. The van der Waals surface area contributed by atoms with E-state index in [0.717, 1.165) is 0 Å². The van der Waals surface area contributed by atoms with Crippen LogP contribution in [0.4, 0.5) is 0 Å². The lowest BCUT2D eigenvalue weighted by atomic mass is 10.3. The summed E-state index contributed by atoms with van der Waals surface area (Å²) < 4.78 is 11.6. The van der Waals surface area contributed by atoms with E-state index >= 15 is 0 Å². The standard InChI is InChI=1S/C10H16N2O4/c1-6-5-12(10(14)11-8(6)13)9(16-4)7(2)15-3/h5,7,9H,1-4H3,(H,11,13,14)/t7?,9-/m1/s1. The van der Waals surface area contributed by atoms with Gasteiger partial charge in [0.1, 0.15) is 0 Å². The number of rotatable bonds is 4. The number of methoxy groups -OCH3 is 2. The van der Waals surface area contributed by atoms with Gasteiger partial charge in [-0.05, 0) is 13.8 Å². The molecule has 90 valence electrons. The van der Waals surface area contributed by atoms with Gasteiger partial charge in [0.25, 0.3) is 5.56 Å². The van der Waals surface area contributed by atoms with E-state index in [0.29, 0.717) is 5.56 Å². The third kappa shape index (κ3) is 2.40. The van der Waals surface area contributed by atoms with Gasteiger partial charge in [-0.1, -0.05) is 0 Å². The monoisotopic (exact) mass is 228 g/mol. The zero-order valence-electron chi connectivity index (χ0n) is 9.81. The number of nitrogens with zero attached hydrogens (tertiary/aromatic N) is 1. The van der Waals surface area contributed by atoms with Crippen molar-refractivity contribution in [2.45, 2.75) is 26.2 Å². The molecule has 1 unspecified atom stereocenters. The number of aryl methyl sites for hydroxylation is 1. The normalized spacial score (nSPS) is 14.8. The summed E-state index contributed by atoms with van der Waals surface area (Å²) in [4.78, 5) is 25.0. The molecule has 6 heteroatoms. The number of nitrogens with one attached hydrogen (secondary N) is 1. The number of ether oxygens (including phenoxy) is 2. The van der Waals surface area contributed by atoms with Crippen LogP contribution in [0.5, 0.6) is 0 Å². The van der Waals surface area contributed by atoms with Gasteiger partial charge < -0.3 is 9.47 Å². The lowest BCUT2D eigenvalue weighted by Gasteiger charge is -2.23. The van der Waals surface area contributed by atoms with E-state index in [4.69, 9.17) is 9.47 Å². The minimum Gasteiger partial charge on any atom is -0.377 e. The Balaban J connectivity index is 3.25. The molecule has 0 bridgehead atoms. The number of aromatic nitrogens is 2. The summed E-state index contributed by atoms with van der Waals surface area (Å²) in [6.45, 7) is 3.40. The van der Waals surface area contributed by atoms with Gasteiger partial charge in [0.2, 0.25) is 0 Å². The smallest absolute Gasteiger partial charge is 0.330 e. The zero-order chi connectivity index (χ0) is 12.3. The predicted molar refractivity (Wildman–Crippen MR) is 58.6 cm³/mol. The first-order valence-electron chi connectivity index (χ1n) is 4.89. The zero-order valence-corrected chi connectivity index (χ0v) is 9.81. The minimum absolute atomic E-state index is 0.298. The molecule has 0 radical (unpaired) electrons. The summed E-state index contributed by atoms with van der Waals surface area (Å²) >= 11 is 0. The molecule has 0 aliphatic carbocycles. The number of H-pyrrole nitrogens is 1. The van der Waals surface area contributed by atoms with Crippen molar-refractivity contribution in [2.75, 3.05) is 14.2 Å². The largest absolute Gasteiger partial charge is 0.377 e. The van der Waals surface area contributed by atoms with Gasteiger partial charge in [0.15, 0.2) is 6.23 Å². The van der Waals surface area contributed by atoms with Crippen LogP contribution < -0.4 is 11.2 Å². The van der Waals surface area contributed by atoms with Crippen molar-refractivity contribution in [3.05, 3.63) is 32.6 Å². The van der Waals surface area contributed by atoms with Gasteiger partial charge >= 0.3 is 5.69 Å². The quantitative estimate of drug-likeness (QED) is 0.788. The van der Waals surface area contributed by atoms with Crippen LogP contribution in [0.25, 0.3) is 0 Å². The molecular weight excluding hydrogens is 212 g/mol. The Morgan fingerprint density at radius 2 is 1.94 bits per heavy atom.